The van der Waals surface area contributed by atoms with Gasteiger partial charge in [-0.2, -0.15) is 0 Å². The largest absolute Gasteiger partial charge is 0.347 e. The monoisotopic (exact) mass is 160 g/mol. The standard InChI is InChI=1S/C6H10NO2S/c1-6(9)7-5-10-4-2-3-8/h2,4-5H2,1H3,(H,7,9). The van der Waals surface area contributed by atoms with Crippen molar-refractivity contribution in [2.24, 2.45) is 0 Å². The molecule has 0 saturated carbocycles. The van der Waals surface area contributed by atoms with Crippen molar-refractivity contribution in [2.75, 3.05) is 11.6 Å². The summed E-state index contributed by atoms with van der Waals surface area (Å²) in [5.74, 6) is 1.27. The lowest BCUT2D eigenvalue weighted by Crippen LogP contribution is -2.18. The molecular weight excluding hydrogens is 150 g/mol. The van der Waals surface area contributed by atoms with E-state index >= 15 is 0 Å². The van der Waals surface area contributed by atoms with Crippen molar-refractivity contribution < 1.29 is 9.59 Å². The third-order valence-electron chi connectivity index (χ3n) is 0.772. The molecule has 57 valence electrons. The zero-order chi connectivity index (χ0) is 7.82. The van der Waals surface area contributed by atoms with Crippen molar-refractivity contribution >= 4 is 24.0 Å². The van der Waals surface area contributed by atoms with Crippen molar-refractivity contribution in [1.82, 2.24) is 5.32 Å². The fourth-order valence-electron chi connectivity index (χ4n) is 0.339. The molecular formula is C6H10NO2S. The highest BCUT2D eigenvalue weighted by Gasteiger charge is 1.89. The van der Waals surface area contributed by atoms with Crippen molar-refractivity contribution in [1.29, 1.82) is 0 Å². The van der Waals surface area contributed by atoms with E-state index in [1.165, 1.54) is 18.7 Å². The van der Waals surface area contributed by atoms with Crippen LogP contribution in [0.1, 0.15) is 13.3 Å². The van der Waals surface area contributed by atoms with E-state index in [4.69, 9.17) is 0 Å². The maximum Gasteiger partial charge on any atom is 0.217 e. The fraction of sp³-hybridized carbons (Fsp3) is 0.667. The highest BCUT2D eigenvalue weighted by Crippen LogP contribution is 1.97. The summed E-state index contributed by atoms with van der Waals surface area (Å²) in [6.45, 7) is 1.46. The molecule has 0 bridgehead atoms. The van der Waals surface area contributed by atoms with Gasteiger partial charge in [0.2, 0.25) is 5.91 Å². The maximum absolute atomic E-state index is 10.3. The maximum atomic E-state index is 10.3. The molecule has 0 atom stereocenters. The summed E-state index contributed by atoms with van der Waals surface area (Å²) in [5.41, 5.74) is 0. The molecule has 4 heteroatoms. The smallest absolute Gasteiger partial charge is 0.217 e. The zero-order valence-corrected chi connectivity index (χ0v) is 6.66. The van der Waals surface area contributed by atoms with Crippen LogP contribution in [0.2, 0.25) is 0 Å². The van der Waals surface area contributed by atoms with Gasteiger partial charge in [0, 0.05) is 19.1 Å². The first-order valence-corrected chi connectivity index (χ1v) is 4.10. The van der Waals surface area contributed by atoms with E-state index in [-0.39, 0.29) is 5.91 Å². The number of hydrogen-bond acceptors (Lipinski definition) is 3. The molecule has 0 fully saturated rings. The van der Waals surface area contributed by atoms with Crippen LogP contribution in [0, 0.1) is 0 Å². The summed E-state index contributed by atoms with van der Waals surface area (Å²) >= 11 is 1.51. The number of rotatable bonds is 5. The van der Waals surface area contributed by atoms with Crippen LogP contribution in [0.4, 0.5) is 0 Å². The van der Waals surface area contributed by atoms with Gasteiger partial charge >= 0.3 is 0 Å². The second kappa shape index (κ2) is 6.61. The van der Waals surface area contributed by atoms with E-state index in [1.807, 2.05) is 0 Å². The summed E-state index contributed by atoms with van der Waals surface area (Å²) in [4.78, 5) is 20.0. The Balaban J connectivity index is 2.90. The van der Waals surface area contributed by atoms with E-state index in [2.05, 4.69) is 5.32 Å². The van der Waals surface area contributed by atoms with Crippen LogP contribution in [-0.2, 0) is 9.59 Å². The molecule has 1 radical (unpaired) electrons. The van der Waals surface area contributed by atoms with Crippen LogP contribution in [0.3, 0.4) is 0 Å². The van der Waals surface area contributed by atoms with E-state index in [0.29, 0.717) is 12.3 Å². The number of carbonyl (C=O) groups excluding carboxylic acids is 2. The quantitative estimate of drug-likeness (QED) is 0.465. The second-order valence-corrected chi connectivity index (χ2v) is 2.79. The predicted octanol–water partition coefficient (Wildman–Crippen LogP) is 0.313. The molecule has 0 aliphatic heterocycles. The summed E-state index contributed by atoms with van der Waals surface area (Å²) in [7, 11) is 0. The lowest BCUT2D eigenvalue weighted by molar-refractivity contribution is -0.118. The molecule has 10 heavy (non-hydrogen) atoms. The lowest BCUT2D eigenvalue weighted by atomic mass is 10.6. The van der Waals surface area contributed by atoms with Crippen LogP contribution in [0.25, 0.3) is 0 Å². The molecule has 0 aromatic rings. The summed E-state index contributed by atoms with van der Waals surface area (Å²) in [6, 6.07) is 0. The third kappa shape index (κ3) is 7.49. The Morgan fingerprint density at radius 3 is 2.90 bits per heavy atom. The van der Waals surface area contributed by atoms with Gasteiger partial charge in [-0.1, -0.05) is 0 Å². The molecule has 0 aliphatic carbocycles. The number of hydrogen-bond donors (Lipinski definition) is 1. The Labute approximate surface area is 64.6 Å². The van der Waals surface area contributed by atoms with Gasteiger partial charge in [-0.25, -0.2) is 0 Å². The number of amides is 1. The molecule has 0 spiro atoms. The fourth-order valence-corrected chi connectivity index (χ4v) is 1.02. The summed E-state index contributed by atoms with van der Waals surface area (Å²) < 4.78 is 0. The average Bonchev–Trinajstić information content (AvgIpc) is 1.87. The minimum absolute atomic E-state index is 0.0393. The van der Waals surface area contributed by atoms with Gasteiger partial charge in [0.15, 0.2) is 6.29 Å². The van der Waals surface area contributed by atoms with Crippen LogP contribution in [0.15, 0.2) is 0 Å². The number of thioether (sulfide) groups is 1. The molecule has 0 unspecified atom stereocenters. The van der Waals surface area contributed by atoms with Gasteiger partial charge in [-0.15, -0.1) is 11.8 Å². The molecule has 0 rings (SSSR count). The van der Waals surface area contributed by atoms with Crippen molar-refractivity contribution in [3.05, 3.63) is 0 Å². The number of carbonyl (C=O) groups is 1. The van der Waals surface area contributed by atoms with Crippen molar-refractivity contribution in [2.45, 2.75) is 13.3 Å². The highest BCUT2D eigenvalue weighted by molar-refractivity contribution is 7.99. The zero-order valence-electron chi connectivity index (χ0n) is 5.85. The molecule has 0 heterocycles. The molecule has 1 amide bonds. The van der Waals surface area contributed by atoms with E-state index in [0.717, 1.165) is 5.75 Å². The van der Waals surface area contributed by atoms with Crippen LogP contribution in [-0.4, -0.2) is 23.8 Å². The first kappa shape index (κ1) is 9.49. The molecule has 0 aromatic carbocycles. The lowest BCUT2D eigenvalue weighted by Gasteiger charge is -1.97. The van der Waals surface area contributed by atoms with Gasteiger partial charge in [-0.3, -0.25) is 9.59 Å². The number of nitrogens with one attached hydrogen (secondary N) is 1. The Morgan fingerprint density at radius 1 is 1.70 bits per heavy atom. The molecule has 0 aromatic heterocycles. The molecule has 1 N–H and O–H groups in total. The second-order valence-electron chi connectivity index (χ2n) is 1.68. The normalized spacial score (nSPS) is 8.90. The van der Waals surface area contributed by atoms with Crippen LogP contribution < -0.4 is 5.32 Å². The van der Waals surface area contributed by atoms with E-state index in [1.54, 1.807) is 6.29 Å². The van der Waals surface area contributed by atoms with E-state index < -0.39 is 0 Å². The van der Waals surface area contributed by atoms with Crippen molar-refractivity contribution in [3.63, 3.8) is 0 Å². The van der Waals surface area contributed by atoms with Crippen LogP contribution in [0.5, 0.6) is 0 Å². The topological polar surface area (TPSA) is 46.2 Å². The van der Waals surface area contributed by atoms with Crippen LogP contribution >= 0.6 is 11.8 Å². The molecule has 0 aliphatic rings. The Hall–Kier alpha value is -0.510. The van der Waals surface area contributed by atoms with Gasteiger partial charge in [0.25, 0.3) is 0 Å². The molecule has 0 saturated heterocycles. The highest BCUT2D eigenvalue weighted by atomic mass is 32.2. The van der Waals surface area contributed by atoms with Gasteiger partial charge in [0.05, 0.1) is 5.88 Å². The Morgan fingerprint density at radius 2 is 2.40 bits per heavy atom. The summed E-state index contributed by atoms with van der Waals surface area (Å²) in [5, 5.41) is 2.60. The molecule has 3 nitrogen and oxygen atoms in total. The minimum Gasteiger partial charge on any atom is -0.347 e. The first-order chi connectivity index (χ1) is 4.77. The van der Waals surface area contributed by atoms with E-state index in [9.17, 15) is 9.59 Å². The Bertz CT molecular complexity index is 116. The first-order valence-electron chi connectivity index (χ1n) is 2.94. The van der Waals surface area contributed by atoms with Crippen molar-refractivity contribution in [3.8, 4) is 0 Å². The SMILES string of the molecule is CC(=O)NCSCC[C]=O. The average molecular weight is 160 g/mol. The predicted molar refractivity (Wildman–Crippen MR) is 41.5 cm³/mol. The third-order valence-corrected chi connectivity index (χ3v) is 1.61. The van der Waals surface area contributed by atoms with Gasteiger partial charge < -0.3 is 5.32 Å². The van der Waals surface area contributed by atoms with Gasteiger partial charge in [0.1, 0.15) is 0 Å². The summed E-state index contributed by atoms with van der Waals surface area (Å²) in [6.07, 6.45) is 2.21. The van der Waals surface area contributed by atoms with Gasteiger partial charge in [-0.05, 0) is 0 Å². The minimum atomic E-state index is -0.0393. The Kier molecular flexibility index (Phi) is 6.27.